The molecule has 0 aliphatic heterocycles. The number of rotatable bonds is 2. The number of carbonyl (C=O) groups excluding carboxylic acids is 1. The van der Waals surface area contributed by atoms with E-state index in [1.165, 1.54) is 19.3 Å². The lowest BCUT2D eigenvalue weighted by atomic mass is 9.91. The second-order valence-electron chi connectivity index (χ2n) is 4.15. The third-order valence-electron chi connectivity index (χ3n) is 2.81. The smallest absolute Gasteiger partial charge is 0.217 e. The monoisotopic (exact) mass is 169 g/mol. The lowest BCUT2D eigenvalue weighted by Gasteiger charge is -2.23. The van der Waals surface area contributed by atoms with Crippen LogP contribution in [0.1, 0.15) is 40.0 Å². The van der Waals surface area contributed by atoms with Crippen molar-refractivity contribution in [2.75, 3.05) is 0 Å². The summed E-state index contributed by atoms with van der Waals surface area (Å²) in [6.07, 6.45) is 3.72. The fourth-order valence-electron chi connectivity index (χ4n) is 2.23. The van der Waals surface area contributed by atoms with E-state index < -0.39 is 0 Å². The van der Waals surface area contributed by atoms with Gasteiger partial charge in [0.25, 0.3) is 0 Å². The number of hydrogen-bond donors (Lipinski definition) is 1. The van der Waals surface area contributed by atoms with E-state index in [4.69, 9.17) is 0 Å². The van der Waals surface area contributed by atoms with Crippen LogP contribution in [0.4, 0.5) is 0 Å². The van der Waals surface area contributed by atoms with Crippen LogP contribution in [0, 0.1) is 11.8 Å². The van der Waals surface area contributed by atoms with Crippen LogP contribution in [-0.2, 0) is 4.79 Å². The molecule has 1 N–H and O–H groups in total. The molecule has 2 unspecified atom stereocenters. The van der Waals surface area contributed by atoms with Crippen molar-refractivity contribution in [2.45, 2.75) is 46.1 Å². The number of hydrogen-bond acceptors (Lipinski definition) is 1. The van der Waals surface area contributed by atoms with Gasteiger partial charge < -0.3 is 5.32 Å². The Kier molecular flexibility index (Phi) is 3.12. The maximum absolute atomic E-state index is 10.9. The van der Waals surface area contributed by atoms with Gasteiger partial charge >= 0.3 is 0 Å². The van der Waals surface area contributed by atoms with Gasteiger partial charge in [0, 0.05) is 13.0 Å². The SMILES string of the molecule is CC(=O)NC1CCCC1C(C)C. The summed E-state index contributed by atoms with van der Waals surface area (Å²) in [6.45, 7) is 6.09. The first-order chi connectivity index (χ1) is 5.61. The van der Waals surface area contributed by atoms with Crippen molar-refractivity contribution in [3.63, 3.8) is 0 Å². The molecule has 1 aliphatic rings. The number of nitrogens with one attached hydrogen (secondary N) is 1. The Morgan fingerprint density at radius 2 is 2.08 bits per heavy atom. The van der Waals surface area contributed by atoms with Crippen LogP contribution in [0.15, 0.2) is 0 Å². The maximum atomic E-state index is 10.9. The summed E-state index contributed by atoms with van der Waals surface area (Å²) in [5.74, 6) is 1.52. The molecule has 1 amide bonds. The molecular formula is C10H19NO. The van der Waals surface area contributed by atoms with Crippen LogP contribution in [0.3, 0.4) is 0 Å². The van der Waals surface area contributed by atoms with Crippen LogP contribution in [0.2, 0.25) is 0 Å². The predicted molar refractivity (Wildman–Crippen MR) is 49.8 cm³/mol. The van der Waals surface area contributed by atoms with Crippen LogP contribution in [-0.4, -0.2) is 11.9 Å². The molecule has 2 atom stereocenters. The molecule has 0 saturated heterocycles. The Labute approximate surface area is 74.7 Å². The zero-order chi connectivity index (χ0) is 9.14. The van der Waals surface area contributed by atoms with Gasteiger partial charge in [0.15, 0.2) is 0 Å². The van der Waals surface area contributed by atoms with Gasteiger partial charge in [0.2, 0.25) is 5.91 Å². The Bertz CT molecular complexity index is 165. The van der Waals surface area contributed by atoms with E-state index >= 15 is 0 Å². The standard InChI is InChI=1S/C10H19NO/c1-7(2)9-5-4-6-10(9)11-8(3)12/h7,9-10H,4-6H2,1-3H3,(H,11,12). The minimum Gasteiger partial charge on any atom is -0.353 e. The molecular weight excluding hydrogens is 150 g/mol. The summed E-state index contributed by atoms with van der Waals surface area (Å²) in [5.41, 5.74) is 0. The summed E-state index contributed by atoms with van der Waals surface area (Å²) >= 11 is 0. The van der Waals surface area contributed by atoms with E-state index in [1.807, 2.05) is 0 Å². The van der Waals surface area contributed by atoms with Crippen molar-refractivity contribution in [1.29, 1.82) is 0 Å². The Morgan fingerprint density at radius 3 is 2.58 bits per heavy atom. The van der Waals surface area contributed by atoms with Gasteiger partial charge in [-0.05, 0) is 24.7 Å². The molecule has 2 nitrogen and oxygen atoms in total. The van der Waals surface area contributed by atoms with Gasteiger partial charge in [-0.15, -0.1) is 0 Å². The van der Waals surface area contributed by atoms with E-state index in [-0.39, 0.29) is 5.91 Å². The van der Waals surface area contributed by atoms with Crippen molar-refractivity contribution in [3.05, 3.63) is 0 Å². The molecule has 12 heavy (non-hydrogen) atoms. The Hall–Kier alpha value is -0.530. The molecule has 1 fully saturated rings. The summed E-state index contributed by atoms with van der Waals surface area (Å²) in [5, 5.41) is 3.03. The largest absolute Gasteiger partial charge is 0.353 e. The molecule has 0 aromatic rings. The maximum Gasteiger partial charge on any atom is 0.217 e. The van der Waals surface area contributed by atoms with Gasteiger partial charge in [-0.25, -0.2) is 0 Å². The predicted octanol–water partition coefficient (Wildman–Crippen LogP) is 1.95. The normalized spacial score (nSPS) is 29.3. The quantitative estimate of drug-likeness (QED) is 0.672. The highest BCUT2D eigenvalue weighted by atomic mass is 16.1. The first kappa shape index (κ1) is 9.56. The number of amides is 1. The van der Waals surface area contributed by atoms with Crippen LogP contribution in [0.5, 0.6) is 0 Å². The van der Waals surface area contributed by atoms with Gasteiger partial charge in [-0.3, -0.25) is 4.79 Å². The molecule has 0 spiro atoms. The zero-order valence-electron chi connectivity index (χ0n) is 8.26. The van der Waals surface area contributed by atoms with Crippen molar-refractivity contribution in [2.24, 2.45) is 11.8 Å². The molecule has 0 aromatic heterocycles. The first-order valence-corrected chi connectivity index (χ1v) is 4.88. The van der Waals surface area contributed by atoms with E-state index in [1.54, 1.807) is 6.92 Å². The molecule has 1 aliphatic carbocycles. The van der Waals surface area contributed by atoms with Crippen molar-refractivity contribution in [3.8, 4) is 0 Å². The molecule has 0 heterocycles. The second-order valence-corrected chi connectivity index (χ2v) is 4.15. The lowest BCUT2D eigenvalue weighted by Crippen LogP contribution is -2.37. The Morgan fingerprint density at radius 1 is 1.42 bits per heavy atom. The fourth-order valence-corrected chi connectivity index (χ4v) is 2.23. The molecule has 0 aromatic carbocycles. The highest BCUT2D eigenvalue weighted by Crippen LogP contribution is 2.31. The molecule has 0 bridgehead atoms. The van der Waals surface area contributed by atoms with Crippen LogP contribution in [0.25, 0.3) is 0 Å². The summed E-state index contributed by atoms with van der Waals surface area (Å²) < 4.78 is 0. The summed E-state index contributed by atoms with van der Waals surface area (Å²) in [4.78, 5) is 10.9. The first-order valence-electron chi connectivity index (χ1n) is 4.88. The van der Waals surface area contributed by atoms with Crippen LogP contribution >= 0.6 is 0 Å². The van der Waals surface area contributed by atoms with Crippen molar-refractivity contribution >= 4 is 5.91 Å². The molecule has 1 saturated carbocycles. The third-order valence-corrected chi connectivity index (χ3v) is 2.81. The van der Waals surface area contributed by atoms with Crippen molar-refractivity contribution in [1.82, 2.24) is 5.32 Å². The average Bonchev–Trinajstić information content (AvgIpc) is 2.33. The molecule has 70 valence electrons. The van der Waals surface area contributed by atoms with Gasteiger partial charge in [-0.1, -0.05) is 20.3 Å². The number of carbonyl (C=O) groups is 1. The second kappa shape index (κ2) is 3.92. The van der Waals surface area contributed by atoms with Gasteiger partial charge in [0.05, 0.1) is 0 Å². The highest BCUT2D eigenvalue weighted by molar-refractivity contribution is 5.73. The zero-order valence-corrected chi connectivity index (χ0v) is 8.26. The molecule has 1 rings (SSSR count). The summed E-state index contributed by atoms with van der Waals surface area (Å²) in [6, 6.07) is 0.447. The van der Waals surface area contributed by atoms with Gasteiger partial charge in [-0.2, -0.15) is 0 Å². The fraction of sp³-hybridized carbons (Fsp3) is 0.900. The topological polar surface area (TPSA) is 29.1 Å². The van der Waals surface area contributed by atoms with Crippen LogP contribution < -0.4 is 5.32 Å². The van der Waals surface area contributed by atoms with E-state index in [0.717, 1.165) is 0 Å². The average molecular weight is 169 g/mol. The minimum atomic E-state index is 0.118. The molecule has 2 heteroatoms. The third kappa shape index (κ3) is 2.23. The van der Waals surface area contributed by atoms with Gasteiger partial charge in [0.1, 0.15) is 0 Å². The Balaban J connectivity index is 2.46. The summed E-state index contributed by atoms with van der Waals surface area (Å²) in [7, 11) is 0. The molecule has 0 radical (unpaired) electrons. The van der Waals surface area contributed by atoms with E-state index in [9.17, 15) is 4.79 Å². The van der Waals surface area contributed by atoms with E-state index in [0.29, 0.717) is 17.9 Å². The highest BCUT2D eigenvalue weighted by Gasteiger charge is 2.29. The van der Waals surface area contributed by atoms with Crippen molar-refractivity contribution < 1.29 is 4.79 Å². The minimum absolute atomic E-state index is 0.118. The lowest BCUT2D eigenvalue weighted by molar-refractivity contribution is -0.120. The van der Waals surface area contributed by atoms with E-state index in [2.05, 4.69) is 19.2 Å².